The number of terminal acetylenes is 1. The minimum Gasteiger partial charge on any atom is -0.358 e. The van der Waals surface area contributed by atoms with Crippen LogP contribution in [0.15, 0.2) is 18.2 Å². The Hall–Kier alpha value is -2.21. The minimum absolute atomic E-state index is 0.0391. The predicted octanol–water partition coefficient (Wildman–Crippen LogP) is 3.32. The molecule has 20 heavy (non-hydrogen) atoms. The summed E-state index contributed by atoms with van der Waals surface area (Å²) < 4.78 is 0. The van der Waals surface area contributed by atoms with Gasteiger partial charge in [-0.2, -0.15) is 0 Å². The van der Waals surface area contributed by atoms with E-state index in [0.717, 1.165) is 23.0 Å². The van der Waals surface area contributed by atoms with E-state index in [0.29, 0.717) is 12.0 Å². The summed E-state index contributed by atoms with van der Waals surface area (Å²) in [6, 6.07) is 5.77. The van der Waals surface area contributed by atoms with Gasteiger partial charge in [0.25, 0.3) is 5.91 Å². The highest BCUT2D eigenvalue weighted by atomic mass is 16.1. The molecule has 104 valence electrons. The van der Waals surface area contributed by atoms with Crippen molar-refractivity contribution in [3.8, 4) is 12.3 Å². The van der Waals surface area contributed by atoms with E-state index in [1.165, 1.54) is 5.56 Å². The third kappa shape index (κ3) is 2.70. The molecule has 0 spiro atoms. The second kappa shape index (κ2) is 5.83. The molecule has 1 unspecified atom stereocenters. The number of benzene rings is 1. The van der Waals surface area contributed by atoms with Crippen LogP contribution < -0.4 is 5.32 Å². The molecule has 0 aliphatic rings. The average molecular weight is 268 g/mol. The van der Waals surface area contributed by atoms with Gasteiger partial charge in [-0.05, 0) is 44.0 Å². The Morgan fingerprint density at radius 1 is 1.45 bits per heavy atom. The highest BCUT2D eigenvalue weighted by Gasteiger charge is 2.13. The van der Waals surface area contributed by atoms with Crippen molar-refractivity contribution < 1.29 is 4.79 Å². The summed E-state index contributed by atoms with van der Waals surface area (Å²) in [5.74, 6) is 2.54. The number of nitrogens with one attached hydrogen (secondary N) is 2. The van der Waals surface area contributed by atoms with Crippen molar-refractivity contribution in [1.82, 2.24) is 10.3 Å². The summed E-state index contributed by atoms with van der Waals surface area (Å²) in [4.78, 5) is 15.6. The first-order valence-electron chi connectivity index (χ1n) is 6.90. The second-order valence-corrected chi connectivity index (χ2v) is 5.12. The molecule has 0 saturated carbocycles. The molecule has 1 atom stereocenters. The van der Waals surface area contributed by atoms with Gasteiger partial charge in [0.1, 0.15) is 0 Å². The highest BCUT2D eigenvalue weighted by molar-refractivity contribution is 5.99. The number of hydrogen-bond acceptors (Lipinski definition) is 1. The van der Waals surface area contributed by atoms with Gasteiger partial charge in [-0.15, -0.1) is 12.3 Å². The van der Waals surface area contributed by atoms with Crippen LogP contribution >= 0.6 is 0 Å². The monoisotopic (exact) mass is 268 g/mol. The van der Waals surface area contributed by atoms with Crippen LogP contribution in [-0.4, -0.2) is 16.9 Å². The molecule has 1 aromatic heterocycles. The molecule has 2 N–H and O–H groups in total. The van der Waals surface area contributed by atoms with Gasteiger partial charge in [0.05, 0.1) is 0 Å². The first-order valence-corrected chi connectivity index (χ1v) is 6.90. The summed E-state index contributed by atoms with van der Waals surface area (Å²) in [6.07, 6.45) is 6.71. The summed E-state index contributed by atoms with van der Waals surface area (Å²) in [5, 5.41) is 4.08. The molecule has 0 aliphatic carbocycles. The van der Waals surface area contributed by atoms with Crippen molar-refractivity contribution >= 4 is 16.8 Å². The third-order valence-corrected chi connectivity index (χ3v) is 3.76. The number of carbonyl (C=O) groups is 1. The van der Waals surface area contributed by atoms with E-state index in [9.17, 15) is 4.79 Å². The van der Waals surface area contributed by atoms with Crippen LogP contribution in [0.1, 0.15) is 41.4 Å². The van der Waals surface area contributed by atoms with Crippen molar-refractivity contribution in [3.63, 3.8) is 0 Å². The molecule has 1 amide bonds. The number of H-pyrrole nitrogens is 1. The van der Waals surface area contributed by atoms with Crippen molar-refractivity contribution in [3.05, 3.63) is 35.0 Å². The van der Waals surface area contributed by atoms with E-state index in [-0.39, 0.29) is 11.9 Å². The molecular weight excluding hydrogens is 248 g/mol. The van der Waals surface area contributed by atoms with Gasteiger partial charge in [0, 0.05) is 34.6 Å². The lowest BCUT2D eigenvalue weighted by Crippen LogP contribution is -2.34. The summed E-state index contributed by atoms with van der Waals surface area (Å²) in [6.45, 7) is 6.11. The van der Waals surface area contributed by atoms with E-state index < -0.39 is 0 Å². The fraction of sp³-hybridized carbons (Fsp3) is 0.353. The Balaban J connectivity index is 2.26. The van der Waals surface area contributed by atoms with Gasteiger partial charge < -0.3 is 10.3 Å². The largest absolute Gasteiger partial charge is 0.358 e. The molecule has 3 nitrogen and oxygen atoms in total. The summed E-state index contributed by atoms with van der Waals surface area (Å²) in [5.41, 5.74) is 4.06. The average Bonchev–Trinajstić information content (AvgIpc) is 2.73. The van der Waals surface area contributed by atoms with E-state index >= 15 is 0 Å². The van der Waals surface area contributed by atoms with Crippen LogP contribution in [0.5, 0.6) is 0 Å². The maximum Gasteiger partial charge on any atom is 0.251 e. The molecule has 0 fully saturated rings. The van der Waals surface area contributed by atoms with Gasteiger partial charge in [-0.25, -0.2) is 0 Å². The van der Waals surface area contributed by atoms with Crippen molar-refractivity contribution in [1.29, 1.82) is 0 Å². The van der Waals surface area contributed by atoms with Gasteiger partial charge in [-0.3, -0.25) is 4.79 Å². The molecule has 1 heterocycles. The molecule has 0 bridgehead atoms. The lowest BCUT2D eigenvalue weighted by atomic mass is 10.1. The molecule has 0 radical (unpaired) electrons. The maximum atomic E-state index is 12.3. The maximum absolute atomic E-state index is 12.3. The number of amides is 1. The van der Waals surface area contributed by atoms with Crippen molar-refractivity contribution in [2.24, 2.45) is 0 Å². The topological polar surface area (TPSA) is 44.9 Å². The van der Waals surface area contributed by atoms with Gasteiger partial charge in [0.15, 0.2) is 0 Å². The Bertz CT molecular complexity index is 676. The quantitative estimate of drug-likeness (QED) is 0.821. The predicted molar refractivity (Wildman–Crippen MR) is 82.8 cm³/mol. The molecule has 1 aromatic carbocycles. The van der Waals surface area contributed by atoms with Gasteiger partial charge in [0.2, 0.25) is 0 Å². The van der Waals surface area contributed by atoms with Crippen LogP contribution in [-0.2, 0) is 0 Å². The number of aromatic nitrogens is 1. The molecule has 0 saturated heterocycles. The zero-order chi connectivity index (χ0) is 14.7. The van der Waals surface area contributed by atoms with Crippen LogP contribution in [0, 0.1) is 26.2 Å². The first kappa shape index (κ1) is 14.2. The summed E-state index contributed by atoms with van der Waals surface area (Å²) in [7, 11) is 0. The number of aromatic amines is 1. The first-order chi connectivity index (χ1) is 9.56. The second-order valence-electron chi connectivity index (χ2n) is 5.12. The minimum atomic E-state index is -0.0627. The number of carbonyl (C=O) groups excluding carboxylic acids is 1. The normalized spacial score (nSPS) is 12.1. The van der Waals surface area contributed by atoms with E-state index in [1.54, 1.807) is 0 Å². The standard InChI is InChI=1S/C17H20N2O/c1-5-7-14(6-2)19-17(20)13-8-9-16-15(10-13)11(3)12(4)18-16/h1,8-10,14,18H,6-7H2,2-4H3,(H,19,20). The fourth-order valence-electron chi connectivity index (χ4n) is 2.31. The van der Waals surface area contributed by atoms with E-state index in [4.69, 9.17) is 6.42 Å². The number of aryl methyl sites for hydroxylation is 2. The Morgan fingerprint density at radius 3 is 2.85 bits per heavy atom. The molecular formula is C17H20N2O. The SMILES string of the molecule is C#CCC(CC)NC(=O)c1ccc2[nH]c(C)c(C)c2c1. The molecule has 0 aliphatic heterocycles. The zero-order valence-electron chi connectivity index (χ0n) is 12.2. The number of rotatable bonds is 4. The van der Waals surface area contributed by atoms with Crippen LogP contribution in [0.4, 0.5) is 0 Å². The Kier molecular flexibility index (Phi) is 4.14. The van der Waals surface area contributed by atoms with Crippen LogP contribution in [0.25, 0.3) is 10.9 Å². The lowest BCUT2D eigenvalue weighted by molar-refractivity contribution is 0.0937. The zero-order valence-corrected chi connectivity index (χ0v) is 12.2. The van der Waals surface area contributed by atoms with E-state index in [1.807, 2.05) is 32.0 Å². The van der Waals surface area contributed by atoms with Crippen LogP contribution in [0.2, 0.25) is 0 Å². The molecule has 2 aromatic rings. The van der Waals surface area contributed by atoms with Crippen LogP contribution in [0.3, 0.4) is 0 Å². The molecule has 3 heteroatoms. The van der Waals surface area contributed by atoms with Gasteiger partial charge in [-0.1, -0.05) is 6.92 Å². The summed E-state index contributed by atoms with van der Waals surface area (Å²) >= 11 is 0. The molecule has 2 rings (SSSR count). The van der Waals surface area contributed by atoms with Crippen molar-refractivity contribution in [2.75, 3.05) is 0 Å². The number of hydrogen-bond donors (Lipinski definition) is 2. The Labute approximate surface area is 119 Å². The van der Waals surface area contributed by atoms with E-state index in [2.05, 4.69) is 23.1 Å². The number of fused-ring (bicyclic) bond motifs is 1. The highest BCUT2D eigenvalue weighted by Crippen LogP contribution is 2.22. The van der Waals surface area contributed by atoms with Crippen molar-refractivity contribution in [2.45, 2.75) is 39.7 Å². The Morgan fingerprint density at radius 2 is 2.20 bits per heavy atom. The third-order valence-electron chi connectivity index (χ3n) is 3.76. The van der Waals surface area contributed by atoms with Gasteiger partial charge >= 0.3 is 0 Å². The smallest absolute Gasteiger partial charge is 0.251 e. The fourth-order valence-corrected chi connectivity index (χ4v) is 2.31. The lowest BCUT2D eigenvalue weighted by Gasteiger charge is -2.14.